The Morgan fingerprint density at radius 3 is 2.47 bits per heavy atom. The molecule has 51 heavy (non-hydrogen) atoms. The fourth-order valence-corrected chi connectivity index (χ4v) is 8.29. The van der Waals surface area contributed by atoms with Gasteiger partial charge in [-0.15, -0.1) is 6.58 Å². The van der Waals surface area contributed by atoms with Crippen molar-refractivity contribution in [3.05, 3.63) is 132 Å². The summed E-state index contributed by atoms with van der Waals surface area (Å²) in [5, 5.41) is 4.39. The summed E-state index contributed by atoms with van der Waals surface area (Å²) >= 11 is 1.66. The van der Waals surface area contributed by atoms with Gasteiger partial charge in [0.25, 0.3) is 0 Å². The van der Waals surface area contributed by atoms with Crippen LogP contribution in [0.1, 0.15) is 99.2 Å². The second kappa shape index (κ2) is 16.2. The van der Waals surface area contributed by atoms with Gasteiger partial charge in [0.05, 0.1) is 15.9 Å². The number of rotatable bonds is 15. The van der Waals surface area contributed by atoms with Crippen molar-refractivity contribution in [1.29, 1.82) is 0 Å². The molecule has 5 aromatic rings. The van der Waals surface area contributed by atoms with E-state index in [9.17, 15) is 0 Å². The van der Waals surface area contributed by atoms with Crippen molar-refractivity contribution in [2.24, 2.45) is 5.41 Å². The first kappa shape index (κ1) is 36.3. The van der Waals surface area contributed by atoms with Gasteiger partial charge < -0.3 is 10.2 Å². The zero-order chi connectivity index (χ0) is 36.0. The number of thiazole rings is 1. The Labute approximate surface area is 310 Å². The van der Waals surface area contributed by atoms with Crippen LogP contribution in [0.15, 0.2) is 98.6 Å². The van der Waals surface area contributed by atoms with Crippen molar-refractivity contribution in [1.82, 2.24) is 9.97 Å². The Hall–Kier alpha value is -4.48. The molecule has 1 aliphatic heterocycles. The molecule has 5 heteroatoms. The van der Waals surface area contributed by atoms with Gasteiger partial charge in [0.2, 0.25) is 0 Å². The van der Waals surface area contributed by atoms with Crippen LogP contribution in [0.4, 0.5) is 10.9 Å². The maximum Gasteiger partial charge on any atom is 0.188 e. The summed E-state index contributed by atoms with van der Waals surface area (Å²) in [5.41, 5.74) is 13.1. The molecule has 3 heterocycles. The SMILES string of the molecule is C=CCCCCCCCc1cccc(-c2ccc(N3CCc4cccc(C(=C)Nc5nc6ccccc6s5)c4C3)nc2C(=C)CC(C)(C)C)c1C. The van der Waals surface area contributed by atoms with Crippen molar-refractivity contribution >= 4 is 43.8 Å². The second-order valence-corrected chi connectivity index (χ2v) is 16.3. The summed E-state index contributed by atoms with van der Waals surface area (Å²) in [4.78, 5) is 12.7. The highest BCUT2D eigenvalue weighted by molar-refractivity contribution is 7.22. The van der Waals surface area contributed by atoms with E-state index in [0.717, 1.165) is 77.8 Å². The van der Waals surface area contributed by atoms with Crippen molar-refractivity contribution in [3.63, 3.8) is 0 Å². The van der Waals surface area contributed by atoms with Gasteiger partial charge in [-0.1, -0.05) is 119 Å². The monoisotopic (exact) mass is 694 g/mol. The molecule has 0 saturated heterocycles. The van der Waals surface area contributed by atoms with Crippen LogP contribution in [-0.2, 0) is 19.4 Å². The average Bonchev–Trinajstić information content (AvgIpc) is 3.53. The van der Waals surface area contributed by atoms with E-state index >= 15 is 0 Å². The standard InChI is InChI=1S/C46H54N4S/c1-8-9-10-11-12-13-14-19-35-20-17-22-37(33(35)3)39-26-27-43(49-44(39)32(2)30-46(5,6)7)50-29-28-36-21-18-23-38(40(36)31-50)34(4)47-45-48-41-24-15-16-25-42(41)51-45/h8,15-18,20-27H,1-2,4,9-14,19,28-31H2,3,5-7H3,(H,47,48). The molecule has 0 bridgehead atoms. The molecule has 3 aromatic carbocycles. The number of para-hydroxylation sites is 1. The molecule has 0 aliphatic carbocycles. The topological polar surface area (TPSA) is 41.0 Å². The number of allylic oxidation sites excluding steroid dienone is 2. The number of pyridine rings is 1. The summed E-state index contributed by atoms with van der Waals surface area (Å²) in [6.45, 7) is 23.8. The number of nitrogens with one attached hydrogen (secondary N) is 1. The summed E-state index contributed by atoms with van der Waals surface area (Å²) in [6, 6.07) is 26.2. The number of benzene rings is 3. The maximum atomic E-state index is 5.45. The Bertz CT molecular complexity index is 1990. The molecule has 0 radical (unpaired) electrons. The third-order valence-corrected chi connectivity index (χ3v) is 11.0. The van der Waals surface area contributed by atoms with E-state index in [1.54, 1.807) is 11.3 Å². The predicted octanol–water partition coefficient (Wildman–Crippen LogP) is 12.8. The quantitative estimate of drug-likeness (QED) is 0.0875. The molecule has 0 saturated carbocycles. The van der Waals surface area contributed by atoms with Gasteiger partial charge in [0, 0.05) is 29.9 Å². The fourth-order valence-electron chi connectivity index (χ4n) is 7.40. The largest absolute Gasteiger partial charge is 0.352 e. The van der Waals surface area contributed by atoms with Crippen molar-refractivity contribution < 1.29 is 0 Å². The number of unbranched alkanes of at least 4 members (excludes halogenated alkanes) is 5. The molecule has 6 rings (SSSR count). The lowest BCUT2D eigenvalue weighted by molar-refractivity contribution is 0.427. The van der Waals surface area contributed by atoms with E-state index in [-0.39, 0.29) is 5.41 Å². The average molecular weight is 695 g/mol. The molecule has 2 aromatic heterocycles. The Morgan fingerprint density at radius 2 is 1.67 bits per heavy atom. The highest BCUT2D eigenvalue weighted by Crippen LogP contribution is 2.38. The van der Waals surface area contributed by atoms with Crippen molar-refractivity contribution in [2.75, 3.05) is 16.8 Å². The molecule has 0 atom stereocenters. The molecule has 1 N–H and O–H groups in total. The van der Waals surface area contributed by atoms with E-state index in [1.807, 2.05) is 12.1 Å². The first-order valence-electron chi connectivity index (χ1n) is 18.7. The molecule has 4 nitrogen and oxygen atoms in total. The summed E-state index contributed by atoms with van der Waals surface area (Å²) in [5.74, 6) is 0.999. The number of hydrogen-bond donors (Lipinski definition) is 1. The highest BCUT2D eigenvalue weighted by atomic mass is 32.1. The van der Waals surface area contributed by atoms with Gasteiger partial charge in [-0.05, 0) is 109 Å². The van der Waals surface area contributed by atoms with E-state index < -0.39 is 0 Å². The van der Waals surface area contributed by atoms with Gasteiger partial charge in [-0.3, -0.25) is 0 Å². The van der Waals surface area contributed by atoms with E-state index in [1.165, 1.54) is 70.2 Å². The lowest BCUT2D eigenvalue weighted by Crippen LogP contribution is -2.32. The minimum absolute atomic E-state index is 0.101. The van der Waals surface area contributed by atoms with Crippen LogP contribution < -0.4 is 10.2 Å². The summed E-state index contributed by atoms with van der Waals surface area (Å²) in [7, 11) is 0. The molecule has 0 spiro atoms. The third-order valence-electron chi connectivity index (χ3n) is 10.0. The zero-order valence-electron chi connectivity index (χ0n) is 31.2. The minimum Gasteiger partial charge on any atom is -0.352 e. The van der Waals surface area contributed by atoms with E-state index in [2.05, 4.69) is 124 Å². The zero-order valence-corrected chi connectivity index (χ0v) is 32.0. The molecular formula is C46H54N4S. The molecule has 0 amide bonds. The predicted molar refractivity (Wildman–Crippen MR) is 223 cm³/mol. The first-order valence-corrected chi connectivity index (χ1v) is 19.5. The van der Waals surface area contributed by atoms with Crippen LogP contribution in [0.25, 0.3) is 32.6 Å². The van der Waals surface area contributed by atoms with Gasteiger partial charge >= 0.3 is 0 Å². The Morgan fingerprint density at radius 1 is 0.882 bits per heavy atom. The van der Waals surface area contributed by atoms with Crippen LogP contribution in [0.3, 0.4) is 0 Å². The highest BCUT2D eigenvalue weighted by Gasteiger charge is 2.24. The van der Waals surface area contributed by atoms with Crippen molar-refractivity contribution in [2.45, 2.75) is 92.0 Å². The van der Waals surface area contributed by atoms with E-state index in [4.69, 9.17) is 9.97 Å². The number of anilines is 2. The van der Waals surface area contributed by atoms with Crippen LogP contribution in [0.5, 0.6) is 0 Å². The smallest absolute Gasteiger partial charge is 0.188 e. The van der Waals surface area contributed by atoms with Crippen LogP contribution in [0.2, 0.25) is 0 Å². The summed E-state index contributed by atoms with van der Waals surface area (Å²) < 4.78 is 1.17. The third kappa shape index (κ3) is 8.88. The number of hydrogen-bond acceptors (Lipinski definition) is 5. The van der Waals surface area contributed by atoms with Gasteiger partial charge in [-0.2, -0.15) is 0 Å². The minimum atomic E-state index is 0.101. The molecule has 264 valence electrons. The second-order valence-electron chi connectivity index (χ2n) is 15.3. The first-order chi connectivity index (χ1) is 24.6. The lowest BCUT2D eigenvalue weighted by atomic mass is 9.84. The number of aromatic nitrogens is 2. The normalized spacial score (nSPS) is 12.9. The number of nitrogens with zero attached hydrogens (tertiary/aromatic N) is 3. The lowest BCUT2D eigenvalue weighted by Gasteiger charge is -2.32. The van der Waals surface area contributed by atoms with Crippen molar-refractivity contribution in [3.8, 4) is 11.1 Å². The van der Waals surface area contributed by atoms with Gasteiger partial charge in [0.1, 0.15) is 5.82 Å². The molecule has 0 fully saturated rings. The Kier molecular flexibility index (Phi) is 11.6. The van der Waals surface area contributed by atoms with E-state index in [0.29, 0.717) is 0 Å². The Balaban J connectivity index is 1.25. The molecule has 0 unspecified atom stereocenters. The summed E-state index contributed by atoms with van der Waals surface area (Å²) in [6.07, 6.45) is 12.4. The fraction of sp³-hybridized carbons (Fsp3) is 0.348. The van der Waals surface area contributed by atoms with Crippen LogP contribution >= 0.6 is 11.3 Å². The molecule has 1 aliphatic rings. The number of aryl methyl sites for hydroxylation is 1. The maximum absolute atomic E-state index is 5.45. The van der Waals surface area contributed by atoms with Crippen LogP contribution in [0, 0.1) is 12.3 Å². The number of fused-ring (bicyclic) bond motifs is 2. The van der Waals surface area contributed by atoms with Crippen LogP contribution in [-0.4, -0.2) is 16.5 Å². The molecular weight excluding hydrogens is 641 g/mol. The van der Waals surface area contributed by atoms with Gasteiger partial charge in [-0.25, -0.2) is 9.97 Å². The van der Waals surface area contributed by atoms with Gasteiger partial charge in [0.15, 0.2) is 5.13 Å².